The molecule has 0 spiro atoms. The van der Waals surface area contributed by atoms with Gasteiger partial charge in [-0.15, -0.1) is 5.92 Å². The van der Waals surface area contributed by atoms with Crippen LogP contribution in [0, 0.1) is 11.8 Å². The van der Waals surface area contributed by atoms with Crippen LogP contribution in [0.15, 0.2) is 35.5 Å². The molecule has 1 unspecified atom stereocenters. The van der Waals surface area contributed by atoms with E-state index in [9.17, 15) is 0 Å². The van der Waals surface area contributed by atoms with Crippen molar-refractivity contribution in [3.05, 3.63) is 35.9 Å². The van der Waals surface area contributed by atoms with Crippen molar-refractivity contribution >= 4 is 5.84 Å². The maximum Gasteiger partial charge on any atom is 0.141 e. The number of benzene rings is 1. The number of rotatable bonds is 5. The second-order valence-corrected chi connectivity index (χ2v) is 3.57. The zero-order valence-electron chi connectivity index (χ0n) is 9.85. The first-order valence-electron chi connectivity index (χ1n) is 5.42. The summed E-state index contributed by atoms with van der Waals surface area (Å²) in [6, 6.07) is 9.89. The van der Waals surface area contributed by atoms with E-state index >= 15 is 0 Å². The topological polar surface area (TPSA) is 70.6 Å². The van der Waals surface area contributed by atoms with Crippen LogP contribution in [-0.4, -0.2) is 17.6 Å². The predicted molar refractivity (Wildman–Crippen MR) is 68.7 cm³/mol. The third kappa shape index (κ3) is 4.58. The van der Waals surface area contributed by atoms with Crippen molar-refractivity contribution in [3.63, 3.8) is 0 Å². The molecule has 0 fully saturated rings. The second-order valence-electron chi connectivity index (χ2n) is 3.57. The normalized spacial score (nSPS) is 12.6. The number of amidine groups is 1. The van der Waals surface area contributed by atoms with Crippen molar-refractivity contribution in [2.45, 2.75) is 19.4 Å². The average molecular weight is 231 g/mol. The Bertz CT molecular complexity index is 417. The summed E-state index contributed by atoms with van der Waals surface area (Å²) in [5, 5.41) is 14.9. The van der Waals surface area contributed by atoms with Crippen LogP contribution in [0.5, 0.6) is 0 Å². The maximum atomic E-state index is 8.61. The van der Waals surface area contributed by atoms with Gasteiger partial charge < -0.3 is 10.9 Å². The zero-order valence-corrected chi connectivity index (χ0v) is 9.85. The zero-order chi connectivity index (χ0) is 12.5. The van der Waals surface area contributed by atoms with E-state index in [1.54, 1.807) is 6.92 Å². The average Bonchev–Trinajstić information content (AvgIpc) is 2.38. The first kappa shape index (κ1) is 13.1. The SMILES string of the molecule is CC#CCNC(C/C(N)=N/O)c1ccccc1. The molecule has 0 aliphatic heterocycles. The highest BCUT2D eigenvalue weighted by Gasteiger charge is 2.11. The highest BCUT2D eigenvalue weighted by molar-refractivity contribution is 5.80. The van der Waals surface area contributed by atoms with Crippen molar-refractivity contribution < 1.29 is 5.21 Å². The maximum absolute atomic E-state index is 8.61. The molecule has 0 amide bonds. The summed E-state index contributed by atoms with van der Waals surface area (Å²) in [4.78, 5) is 0. The van der Waals surface area contributed by atoms with Gasteiger partial charge in [-0.05, 0) is 12.5 Å². The lowest BCUT2D eigenvalue weighted by molar-refractivity contribution is 0.315. The summed E-state index contributed by atoms with van der Waals surface area (Å²) in [6.07, 6.45) is 0.450. The summed E-state index contributed by atoms with van der Waals surface area (Å²) in [7, 11) is 0. The fourth-order valence-electron chi connectivity index (χ4n) is 1.51. The van der Waals surface area contributed by atoms with E-state index in [-0.39, 0.29) is 11.9 Å². The summed E-state index contributed by atoms with van der Waals surface area (Å²) >= 11 is 0. The molecule has 4 nitrogen and oxygen atoms in total. The summed E-state index contributed by atoms with van der Waals surface area (Å²) in [5.41, 5.74) is 6.63. The third-order valence-corrected chi connectivity index (χ3v) is 2.36. The second kappa shape index (κ2) is 7.31. The molecule has 1 aromatic carbocycles. The molecule has 4 heteroatoms. The first-order chi connectivity index (χ1) is 8.27. The molecule has 1 aromatic rings. The van der Waals surface area contributed by atoms with E-state index in [4.69, 9.17) is 10.9 Å². The van der Waals surface area contributed by atoms with Gasteiger partial charge in [-0.3, -0.25) is 5.32 Å². The van der Waals surface area contributed by atoms with Gasteiger partial charge in [0, 0.05) is 12.5 Å². The van der Waals surface area contributed by atoms with Gasteiger partial charge in [0.25, 0.3) is 0 Å². The molecule has 0 bridgehead atoms. The largest absolute Gasteiger partial charge is 0.409 e. The summed E-state index contributed by atoms with van der Waals surface area (Å²) in [6.45, 7) is 2.37. The van der Waals surface area contributed by atoms with Gasteiger partial charge in [0.15, 0.2) is 0 Å². The number of nitrogens with two attached hydrogens (primary N) is 1. The first-order valence-corrected chi connectivity index (χ1v) is 5.42. The summed E-state index contributed by atoms with van der Waals surface area (Å²) in [5.74, 6) is 5.96. The Morgan fingerprint density at radius 2 is 2.18 bits per heavy atom. The standard InChI is InChI=1S/C13H17N3O/c1-2-3-9-15-12(10-13(14)16-17)11-7-5-4-6-8-11/h4-8,12,15,17H,9-10H2,1H3,(H2,14,16). The van der Waals surface area contributed by atoms with E-state index in [0.717, 1.165) is 5.56 Å². The molecule has 17 heavy (non-hydrogen) atoms. The number of nitrogens with zero attached hydrogens (tertiary/aromatic N) is 1. The van der Waals surface area contributed by atoms with Crippen LogP contribution >= 0.6 is 0 Å². The van der Waals surface area contributed by atoms with Gasteiger partial charge in [-0.25, -0.2) is 0 Å². The molecule has 1 rings (SSSR count). The van der Waals surface area contributed by atoms with Crippen LogP contribution < -0.4 is 11.1 Å². The smallest absolute Gasteiger partial charge is 0.141 e. The molecule has 0 aliphatic carbocycles. The lowest BCUT2D eigenvalue weighted by Gasteiger charge is -2.17. The Hall–Kier alpha value is -1.99. The van der Waals surface area contributed by atoms with Crippen LogP contribution in [0.3, 0.4) is 0 Å². The number of nitrogens with one attached hydrogen (secondary N) is 1. The van der Waals surface area contributed by atoms with Gasteiger partial charge in [0.1, 0.15) is 5.84 Å². The summed E-state index contributed by atoms with van der Waals surface area (Å²) < 4.78 is 0. The van der Waals surface area contributed by atoms with E-state index in [1.165, 1.54) is 0 Å². The molecule has 0 aromatic heterocycles. The van der Waals surface area contributed by atoms with Crippen molar-refractivity contribution in [1.29, 1.82) is 0 Å². The van der Waals surface area contributed by atoms with Crippen LogP contribution in [-0.2, 0) is 0 Å². The fourth-order valence-corrected chi connectivity index (χ4v) is 1.51. The van der Waals surface area contributed by atoms with Gasteiger partial charge in [0.2, 0.25) is 0 Å². The van der Waals surface area contributed by atoms with E-state index in [0.29, 0.717) is 13.0 Å². The monoisotopic (exact) mass is 231 g/mol. The molecule has 0 radical (unpaired) electrons. The van der Waals surface area contributed by atoms with E-state index < -0.39 is 0 Å². The van der Waals surface area contributed by atoms with Crippen molar-refractivity contribution in [3.8, 4) is 11.8 Å². The molecule has 0 heterocycles. The molecule has 0 aliphatic rings. The van der Waals surface area contributed by atoms with E-state index in [2.05, 4.69) is 22.3 Å². The van der Waals surface area contributed by atoms with Gasteiger partial charge in [0.05, 0.1) is 6.54 Å². The lowest BCUT2D eigenvalue weighted by Crippen LogP contribution is -2.27. The highest BCUT2D eigenvalue weighted by atomic mass is 16.4. The van der Waals surface area contributed by atoms with Gasteiger partial charge in [-0.2, -0.15) is 0 Å². The highest BCUT2D eigenvalue weighted by Crippen LogP contribution is 2.15. The third-order valence-electron chi connectivity index (χ3n) is 2.36. The fraction of sp³-hybridized carbons (Fsp3) is 0.308. The number of oxime groups is 1. The minimum atomic E-state index is 0.00736. The Morgan fingerprint density at radius 1 is 1.47 bits per heavy atom. The molecule has 0 saturated carbocycles. The van der Waals surface area contributed by atoms with E-state index in [1.807, 2.05) is 30.3 Å². The van der Waals surface area contributed by atoms with Crippen LogP contribution in [0.1, 0.15) is 24.9 Å². The minimum absolute atomic E-state index is 0.00736. The Morgan fingerprint density at radius 3 is 2.76 bits per heavy atom. The molecule has 1 atom stereocenters. The van der Waals surface area contributed by atoms with Crippen molar-refractivity contribution in [2.24, 2.45) is 10.9 Å². The van der Waals surface area contributed by atoms with Crippen LogP contribution in [0.2, 0.25) is 0 Å². The predicted octanol–water partition coefficient (Wildman–Crippen LogP) is 1.48. The van der Waals surface area contributed by atoms with Crippen molar-refractivity contribution in [2.75, 3.05) is 6.54 Å². The van der Waals surface area contributed by atoms with Gasteiger partial charge in [-0.1, -0.05) is 41.4 Å². The Labute approximate surface area is 102 Å². The lowest BCUT2D eigenvalue weighted by atomic mass is 10.0. The van der Waals surface area contributed by atoms with Crippen LogP contribution in [0.4, 0.5) is 0 Å². The molecule has 0 saturated heterocycles. The van der Waals surface area contributed by atoms with Crippen LogP contribution in [0.25, 0.3) is 0 Å². The molecule has 4 N–H and O–H groups in total. The molecular formula is C13H17N3O. The number of hydrogen-bond donors (Lipinski definition) is 3. The molecular weight excluding hydrogens is 214 g/mol. The Balaban J connectivity index is 2.74. The van der Waals surface area contributed by atoms with Gasteiger partial charge >= 0.3 is 0 Å². The number of hydrogen-bond acceptors (Lipinski definition) is 3. The molecule has 90 valence electrons. The quantitative estimate of drug-likeness (QED) is 0.236. The Kier molecular flexibility index (Phi) is 5.62. The minimum Gasteiger partial charge on any atom is -0.409 e. The van der Waals surface area contributed by atoms with Crippen molar-refractivity contribution in [1.82, 2.24) is 5.32 Å².